The summed E-state index contributed by atoms with van der Waals surface area (Å²) < 4.78 is 83.0. The molecule has 1 N–H and O–H groups in total. The number of hydrogen-bond acceptors (Lipinski definition) is 4. The number of benzene rings is 2. The first kappa shape index (κ1) is 23.5. The van der Waals surface area contributed by atoms with Crippen molar-refractivity contribution in [3.63, 3.8) is 0 Å². The van der Waals surface area contributed by atoms with Crippen molar-refractivity contribution in [1.82, 2.24) is 0 Å². The molecule has 0 saturated carbocycles. The fourth-order valence-corrected chi connectivity index (χ4v) is 3.75. The summed E-state index contributed by atoms with van der Waals surface area (Å²) in [6, 6.07) is 9.90. The third-order valence-electron chi connectivity index (χ3n) is 4.26. The van der Waals surface area contributed by atoms with Gasteiger partial charge in [-0.15, -0.1) is 23.5 Å². The second-order valence-electron chi connectivity index (χ2n) is 6.02. The predicted molar refractivity (Wildman–Crippen MR) is 103 cm³/mol. The maximum absolute atomic E-state index is 13.8. The first-order valence-corrected chi connectivity index (χ1v) is 10.6. The van der Waals surface area contributed by atoms with Crippen LogP contribution in [0, 0.1) is 0 Å². The van der Waals surface area contributed by atoms with Crippen LogP contribution in [0.2, 0.25) is 0 Å². The van der Waals surface area contributed by atoms with Gasteiger partial charge in [0.2, 0.25) is 0 Å². The molecule has 2 aromatic rings. The molecule has 158 valence electrons. The van der Waals surface area contributed by atoms with E-state index in [0.29, 0.717) is 9.79 Å². The van der Waals surface area contributed by atoms with E-state index in [-0.39, 0.29) is 0 Å². The first-order valence-electron chi connectivity index (χ1n) is 8.16. The molecular formula is C19H17F6NOS2. The topological polar surface area (TPSA) is 32.6 Å². The molecule has 10 heteroatoms. The number of nitrogens with zero attached hydrogens (tertiary/aromatic N) is 1. The molecule has 0 bridgehead atoms. The molecule has 0 saturated heterocycles. The molecule has 0 heterocycles. The van der Waals surface area contributed by atoms with Crippen molar-refractivity contribution in [2.75, 3.05) is 12.5 Å². The van der Waals surface area contributed by atoms with Gasteiger partial charge in [0, 0.05) is 9.79 Å². The van der Waals surface area contributed by atoms with E-state index >= 15 is 0 Å². The van der Waals surface area contributed by atoms with Gasteiger partial charge < -0.3 is 5.21 Å². The minimum Gasteiger partial charge on any atom is -0.411 e. The fourth-order valence-electron chi connectivity index (χ4n) is 2.93. The first-order chi connectivity index (χ1) is 13.5. The van der Waals surface area contributed by atoms with Gasteiger partial charge in [-0.1, -0.05) is 29.4 Å². The molecule has 0 aliphatic heterocycles. The van der Waals surface area contributed by atoms with E-state index in [1.54, 1.807) is 12.5 Å². The van der Waals surface area contributed by atoms with Gasteiger partial charge in [0.25, 0.3) is 0 Å². The van der Waals surface area contributed by atoms with Gasteiger partial charge in [0.05, 0.1) is 5.71 Å². The molecule has 0 amide bonds. The lowest BCUT2D eigenvalue weighted by molar-refractivity contribution is -0.148. The highest BCUT2D eigenvalue weighted by Crippen LogP contribution is 2.45. The monoisotopic (exact) mass is 453 g/mol. The van der Waals surface area contributed by atoms with Crippen LogP contribution in [0.4, 0.5) is 26.3 Å². The Labute approximate surface area is 172 Å². The van der Waals surface area contributed by atoms with Crippen LogP contribution in [0.1, 0.15) is 23.0 Å². The van der Waals surface area contributed by atoms with E-state index < -0.39 is 41.0 Å². The van der Waals surface area contributed by atoms with Crippen LogP contribution in [0.15, 0.2) is 63.5 Å². The van der Waals surface area contributed by atoms with E-state index in [1.165, 1.54) is 47.8 Å². The maximum Gasteiger partial charge on any atom is 0.401 e. The van der Waals surface area contributed by atoms with Crippen molar-refractivity contribution in [3.8, 4) is 0 Å². The molecule has 2 aromatic carbocycles. The van der Waals surface area contributed by atoms with Crippen LogP contribution in [-0.4, -0.2) is 35.8 Å². The van der Waals surface area contributed by atoms with Crippen LogP contribution >= 0.6 is 23.5 Å². The molecule has 0 spiro atoms. The standard InChI is InChI=1S/C19H17F6NOS2/c1-28-13-7-3-11(4-8-13)15(18(20,21)22)17(26-27)16(19(23,24)25)12-5-9-14(29-2)10-6-12/h3-10,15-16,27H,1-2H3. The van der Waals surface area contributed by atoms with Gasteiger partial charge in [-0.3, -0.25) is 0 Å². The number of thioether (sulfide) groups is 2. The zero-order valence-corrected chi connectivity index (χ0v) is 16.9. The van der Waals surface area contributed by atoms with Crippen LogP contribution < -0.4 is 0 Å². The highest BCUT2D eigenvalue weighted by Gasteiger charge is 2.54. The largest absolute Gasteiger partial charge is 0.411 e. The van der Waals surface area contributed by atoms with Crippen molar-refractivity contribution >= 4 is 29.2 Å². The van der Waals surface area contributed by atoms with Crippen LogP contribution in [-0.2, 0) is 0 Å². The third-order valence-corrected chi connectivity index (χ3v) is 5.75. The summed E-state index contributed by atoms with van der Waals surface area (Å²) >= 11 is 2.56. The number of alkyl halides is 6. The van der Waals surface area contributed by atoms with Gasteiger partial charge in [0.1, 0.15) is 11.8 Å². The summed E-state index contributed by atoms with van der Waals surface area (Å²) in [5.41, 5.74) is -2.28. The molecule has 2 nitrogen and oxygen atoms in total. The molecule has 0 aliphatic rings. The molecular weight excluding hydrogens is 436 g/mol. The molecule has 0 fully saturated rings. The van der Waals surface area contributed by atoms with Crippen LogP contribution in [0.3, 0.4) is 0 Å². The van der Waals surface area contributed by atoms with E-state index in [9.17, 15) is 31.5 Å². The Bertz CT molecular complexity index is 764. The highest BCUT2D eigenvalue weighted by atomic mass is 32.2. The summed E-state index contributed by atoms with van der Waals surface area (Å²) in [7, 11) is 0. The summed E-state index contributed by atoms with van der Waals surface area (Å²) in [5.74, 6) is -5.43. The van der Waals surface area contributed by atoms with E-state index in [4.69, 9.17) is 0 Å². The van der Waals surface area contributed by atoms with Gasteiger partial charge >= 0.3 is 12.4 Å². The summed E-state index contributed by atoms with van der Waals surface area (Å²) in [5, 5.41) is 11.8. The Morgan fingerprint density at radius 2 is 1.03 bits per heavy atom. The Kier molecular flexibility index (Phi) is 7.56. The van der Waals surface area contributed by atoms with Crippen molar-refractivity contribution in [1.29, 1.82) is 0 Å². The van der Waals surface area contributed by atoms with Crippen molar-refractivity contribution in [2.45, 2.75) is 34.0 Å². The second-order valence-corrected chi connectivity index (χ2v) is 7.78. The van der Waals surface area contributed by atoms with Crippen LogP contribution in [0.5, 0.6) is 0 Å². The minimum atomic E-state index is -5.09. The zero-order valence-electron chi connectivity index (χ0n) is 15.3. The number of hydrogen-bond donors (Lipinski definition) is 1. The lowest BCUT2D eigenvalue weighted by Gasteiger charge is -2.29. The number of rotatable bonds is 6. The SMILES string of the molecule is CSc1ccc(C(C(=NO)C(c2ccc(SC)cc2)C(F)(F)F)C(F)(F)F)cc1. The molecule has 2 rings (SSSR count). The van der Waals surface area contributed by atoms with Gasteiger partial charge in [-0.05, 0) is 47.9 Å². The van der Waals surface area contributed by atoms with E-state index in [1.807, 2.05) is 0 Å². The lowest BCUT2D eigenvalue weighted by Crippen LogP contribution is -2.38. The van der Waals surface area contributed by atoms with Gasteiger partial charge in [0.15, 0.2) is 0 Å². The molecule has 2 unspecified atom stereocenters. The van der Waals surface area contributed by atoms with Crippen molar-refractivity contribution in [3.05, 3.63) is 59.7 Å². The van der Waals surface area contributed by atoms with Gasteiger partial charge in [-0.2, -0.15) is 26.3 Å². The average Bonchev–Trinajstić information content (AvgIpc) is 2.66. The molecule has 0 aliphatic carbocycles. The number of halogens is 6. The second kappa shape index (κ2) is 9.34. The lowest BCUT2D eigenvalue weighted by atomic mass is 9.82. The fraction of sp³-hybridized carbons (Fsp3) is 0.316. The maximum atomic E-state index is 13.8. The summed E-state index contributed by atoms with van der Waals surface area (Å²) in [4.78, 5) is 1.30. The number of oxime groups is 1. The Morgan fingerprint density at radius 3 is 1.24 bits per heavy atom. The Hall–Kier alpha value is -1.81. The summed E-state index contributed by atoms with van der Waals surface area (Å²) in [6.07, 6.45) is -6.75. The summed E-state index contributed by atoms with van der Waals surface area (Å²) in [6.45, 7) is 0. The van der Waals surface area contributed by atoms with Crippen molar-refractivity contribution < 1.29 is 31.5 Å². The van der Waals surface area contributed by atoms with Gasteiger partial charge in [-0.25, -0.2) is 0 Å². The highest BCUT2D eigenvalue weighted by molar-refractivity contribution is 7.98. The average molecular weight is 453 g/mol. The van der Waals surface area contributed by atoms with E-state index in [2.05, 4.69) is 5.16 Å². The molecule has 0 radical (unpaired) electrons. The van der Waals surface area contributed by atoms with Crippen LogP contribution in [0.25, 0.3) is 0 Å². The Balaban J connectivity index is 2.62. The minimum absolute atomic E-state index is 0.432. The molecule has 0 aromatic heterocycles. The molecule has 29 heavy (non-hydrogen) atoms. The predicted octanol–water partition coefficient (Wildman–Crippen LogP) is 6.95. The molecule has 2 atom stereocenters. The third kappa shape index (κ3) is 5.63. The van der Waals surface area contributed by atoms with Crippen molar-refractivity contribution in [2.24, 2.45) is 5.16 Å². The van der Waals surface area contributed by atoms with E-state index in [0.717, 1.165) is 24.3 Å². The normalized spacial score (nSPS) is 14.3. The quantitative estimate of drug-likeness (QED) is 0.169. The zero-order chi connectivity index (χ0) is 21.8. The Morgan fingerprint density at radius 1 is 0.724 bits per heavy atom. The smallest absolute Gasteiger partial charge is 0.401 e.